The summed E-state index contributed by atoms with van der Waals surface area (Å²) >= 11 is 1.68. The van der Waals surface area contributed by atoms with Crippen LogP contribution in [0.5, 0.6) is 0 Å². The van der Waals surface area contributed by atoms with Crippen LogP contribution in [0, 0.1) is 0 Å². The molecule has 0 unspecified atom stereocenters. The van der Waals surface area contributed by atoms with Crippen LogP contribution in [0.4, 0.5) is 5.13 Å². The van der Waals surface area contributed by atoms with Gasteiger partial charge < -0.3 is 10.2 Å². The van der Waals surface area contributed by atoms with Gasteiger partial charge in [-0.25, -0.2) is 4.98 Å². The van der Waals surface area contributed by atoms with Crippen molar-refractivity contribution in [3.63, 3.8) is 0 Å². The van der Waals surface area contributed by atoms with Crippen molar-refractivity contribution < 1.29 is 4.79 Å². The van der Waals surface area contributed by atoms with Gasteiger partial charge in [-0.3, -0.25) is 4.79 Å². The van der Waals surface area contributed by atoms with Crippen LogP contribution >= 0.6 is 11.3 Å². The van der Waals surface area contributed by atoms with E-state index in [1.54, 1.807) is 11.3 Å². The third kappa shape index (κ3) is 3.88. The largest absolute Gasteiger partial charge is 0.353 e. The van der Waals surface area contributed by atoms with Crippen molar-refractivity contribution in [3.8, 4) is 0 Å². The smallest absolute Gasteiger partial charge is 0.220 e. The monoisotopic (exact) mass is 365 g/mol. The van der Waals surface area contributed by atoms with Crippen LogP contribution in [0.1, 0.15) is 24.8 Å². The fourth-order valence-electron chi connectivity index (χ4n) is 3.65. The van der Waals surface area contributed by atoms with Crippen molar-refractivity contribution >= 4 is 33.1 Å². The first-order valence-corrected chi connectivity index (χ1v) is 10.1. The van der Waals surface area contributed by atoms with Crippen molar-refractivity contribution in [1.82, 2.24) is 10.3 Å². The minimum atomic E-state index is 0.158. The van der Waals surface area contributed by atoms with Crippen molar-refractivity contribution in [1.29, 1.82) is 0 Å². The van der Waals surface area contributed by atoms with Crippen molar-refractivity contribution in [2.24, 2.45) is 0 Å². The topological polar surface area (TPSA) is 45.2 Å². The molecular weight excluding hydrogens is 342 g/mol. The lowest BCUT2D eigenvalue weighted by atomic mass is 10.0. The van der Waals surface area contributed by atoms with Gasteiger partial charge in [0, 0.05) is 37.1 Å². The van der Waals surface area contributed by atoms with Gasteiger partial charge in [0.05, 0.1) is 0 Å². The van der Waals surface area contributed by atoms with Gasteiger partial charge in [0.15, 0.2) is 5.13 Å². The maximum atomic E-state index is 12.4. The molecule has 1 aromatic heterocycles. The third-order valence-electron chi connectivity index (χ3n) is 5.05. The molecule has 5 heteroatoms. The standard InChI is InChI=1S/C21H23N3OS/c25-20(9-8-17-6-3-5-16-4-1-2-7-19(16)17)23-18-10-13-24(14-11-18)21-22-12-15-26-21/h1-7,12,15,18H,8-11,13-14H2,(H,23,25). The summed E-state index contributed by atoms with van der Waals surface area (Å²) in [6, 6.07) is 15.0. The van der Waals surface area contributed by atoms with Crippen molar-refractivity contribution in [3.05, 3.63) is 59.6 Å². The zero-order valence-electron chi connectivity index (χ0n) is 14.7. The number of carbonyl (C=O) groups is 1. The number of carbonyl (C=O) groups excluding carboxylic acids is 1. The fraction of sp³-hybridized carbons (Fsp3) is 0.333. The van der Waals surface area contributed by atoms with Gasteiger partial charge in [0.1, 0.15) is 0 Å². The average molecular weight is 366 g/mol. The molecule has 0 spiro atoms. The number of fused-ring (bicyclic) bond motifs is 1. The Bertz CT molecular complexity index is 865. The Hall–Kier alpha value is -2.40. The van der Waals surface area contributed by atoms with E-state index >= 15 is 0 Å². The van der Waals surface area contributed by atoms with Crippen LogP contribution in [0.2, 0.25) is 0 Å². The molecule has 1 amide bonds. The van der Waals surface area contributed by atoms with E-state index in [1.165, 1.54) is 16.3 Å². The van der Waals surface area contributed by atoms with Crippen LogP contribution < -0.4 is 10.2 Å². The van der Waals surface area contributed by atoms with Crippen LogP contribution in [0.15, 0.2) is 54.0 Å². The average Bonchev–Trinajstić information content (AvgIpc) is 3.22. The molecule has 2 heterocycles. The SMILES string of the molecule is O=C(CCc1cccc2ccccc12)NC1CCN(c2nccs2)CC1. The Balaban J connectivity index is 1.28. The molecule has 1 aliphatic heterocycles. The molecule has 1 N–H and O–H groups in total. The van der Waals surface area contributed by atoms with E-state index in [9.17, 15) is 4.79 Å². The van der Waals surface area contributed by atoms with E-state index in [0.717, 1.165) is 37.5 Å². The first-order valence-electron chi connectivity index (χ1n) is 9.20. The second kappa shape index (κ2) is 7.87. The Morgan fingerprint density at radius 1 is 1.15 bits per heavy atom. The molecule has 2 aromatic carbocycles. The van der Waals surface area contributed by atoms with Gasteiger partial charge in [-0.2, -0.15) is 0 Å². The number of piperidine rings is 1. The summed E-state index contributed by atoms with van der Waals surface area (Å²) in [5, 5.41) is 8.81. The second-order valence-electron chi connectivity index (χ2n) is 6.78. The number of rotatable bonds is 5. The van der Waals surface area contributed by atoms with Gasteiger partial charge in [-0.1, -0.05) is 42.5 Å². The predicted octanol–water partition coefficient (Wildman–Crippen LogP) is 4.01. The maximum Gasteiger partial charge on any atom is 0.220 e. The number of amides is 1. The molecule has 4 rings (SSSR count). The third-order valence-corrected chi connectivity index (χ3v) is 5.88. The molecule has 1 saturated heterocycles. The van der Waals surface area contributed by atoms with Gasteiger partial charge in [0.2, 0.25) is 5.91 Å². The number of anilines is 1. The molecule has 0 atom stereocenters. The van der Waals surface area contributed by atoms with Gasteiger partial charge in [-0.15, -0.1) is 11.3 Å². The minimum Gasteiger partial charge on any atom is -0.353 e. The van der Waals surface area contributed by atoms with Crippen molar-refractivity contribution in [2.75, 3.05) is 18.0 Å². The van der Waals surface area contributed by atoms with Crippen LogP contribution in [0.25, 0.3) is 10.8 Å². The highest BCUT2D eigenvalue weighted by Gasteiger charge is 2.21. The van der Waals surface area contributed by atoms with E-state index in [1.807, 2.05) is 11.6 Å². The molecule has 4 nitrogen and oxygen atoms in total. The van der Waals surface area contributed by atoms with E-state index in [2.05, 4.69) is 57.7 Å². The highest BCUT2D eigenvalue weighted by atomic mass is 32.1. The molecule has 0 bridgehead atoms. The van der Waals surface area contributed by atoms with E-state index < -0.39 is 0 Å². The number of benzene rings is 2. The summed E-state index contributed by atoms with van der Waals surface area (Å²) in [5.41, 5.74) is 1.25. The summed E-state index contributed by atoms with van der Waals surface area (Å²) in [5.74, 6) is 0.158. The molecule has 26 heavy (non-hydrogen) atoms. The van der Waals surface area contributed by atoms with Crippen LogP contribution in [-0.2, 0) is 11.2 Å². The van der Waals surface area contributed by atoms with Crippen molar-refractivity contribution in [2.45, 2.75) is 31.7 Å². The van der Waals surface area contributed by atoms with Crippen LogP contribution in [0.3, 0.4) is 0 Å². The normalized spacial score (nSPS) is 15.3. The first-order chi connectivity index (χ1) is 12.8. The van der Waals surface area contributed by atoms with Crippen LogP contribution in [-0.4, -0.2) is 30.0 Å². The van der Waals surface area contributed by atoms with Gasteiger partial charge >= 0.3 is 0 Å². The first kappa shape index (κ1) is 17.0. The highest BCUT2D eigenvalue weighted by molar-refractivity contribution is 7.13. The minimum absolute atomic E-state index is 0.158. The Morgan fingerprint density at radius 3 is 2.77 bits per heavy atom. The van der Waals surface area contributed by atoms with E-state index in [-0.39, 0.29) is 11.9 Å². The zero-order valence-corrected chi connectivity index (χ0v) is 15.5. The number of aryl methyl sites for hydroxylation is 1. The molecule has 0 saturated carbocycles. The Labute approximate surface area is 157 Å². The molecular formula is C21H23N3OS. The fourth-order valence-corrected chi connectivity index (χ4v) is 4.34. The Kier molecular flexibility index (Phi) is 5.16. The molecule has 134 valence electrons. The lowest BCUT2D eigenvalue weighted by Crippen LogP contribution is -2.44. The predicted molar refractivity (Wildman–Crippen MR) is 108 cm³/mol. The summed E-state index contributed by atoms with van der Waals surface area (Å²) in [7, 11) is 0. The number of nitrogens with one attached hydrogen (secondary N) is 1. The maximum absolute atomic E-state index is 12.4. The molecule has 3 aromatic rings. The molecule has 1 fully saturated rings. The zero-order chi connectivity index (χ0) is 17.8. The summed E-state index contributed by atoms with van der Waals surface area (Å²) in [6.07, 6.45) is 5.15. The summed E-state index contributed by atoms with van der Waals surface area (Å²) < 4.78 is 0. The number of hydrogen-bond acceptors (Lipinski definition) is 4. The number of hydrogen-bond donors (Lipinski definition) is 1. The summed E-state index contributed by atoms with van der Waals surface area (Å²) in [6.45, 7) is 1.92. The molecule has 1 aliphatic rings. The summed E-state index contributed by atoms with van der Waals surface area (Å²) in [4.78, 5) is 19.1. The second-order valence-corrected chi connectivity index (χ2v) is 7.65. The quantitative estimate of drug-likeness (QED) is 0.743. The number of aromatic nitrogens is 1. The van der Waals surface area contributed by atoms with E-state index in [0.29, 0.717) is 6.42 Å². The van der Waals surface area contributed by atoms with E-state index in [4.69, 9.17) is 0 Å². The van der Waals surface area contributed by atoms with Gasteiger partial charge in [-0.05, 0) is 35.6 Å². The molecule has 0 aliphatic carbocycles. The molecule has 0 radical (unpaired) electrons. The Morgan fingerprint density at radius 2 is 1.96 bits per heavy atom. The lowest BCUT2D eigenvalue weighted by molar-refractivity contribution is -0.121. The number of thiazole rings is 1. The highest BCUT2D eigenvalue weighted by Crippen LogP contribution is 2.22. The van der Waals surface area contributed by atoms with Gasteiger partial charge in [0.25, 0.3) is 0 Å². The number of nitrogens with zero attached hydrogens (tertiary/aromatic N) is 2. The lowest BCUT2D eigenvalue weighted by Gasteiger charge is -2.32.